The molecule has 88 valence electrons. The van der Waals surface area contributed by atoms with Crippen molar-refractivity contribution in [2.24, 2.45) is 11.8 Å². The summed E-state index contributed by atoms with van der Waals surface area (Å²) in [6, 6.07) is 1.93. The van der Waals surface area contributed by atoms with Gasteiger partial charge in [0.15, 0.2) is 0 Å². The van der Waals surface area contributed by atoms with Crippen molar-refractivity contribution in [2.45, 2.75) is 20.3 Å². The predicted molar refractivity (Wildman–Crippen MR) is 69.2 cm³/mol. The molecule has 1 aliphatic rings. The van der Waals surface area contributed by atoms with Gasteiger partial charge < -0.3 is 10.6 Å². The molecule has 1 aliphatic heterocycles. The molecule has 2 N–H and O–H groups in total. The minimum Gasteiger partial charge on any atom is -0.382 e. The van der Waals surface area contributed by atoms with Crippen molar-refractivity contribution >= 4 is 23.1 Å². The molecule has 0 saturated heterocycles. The number of rotatable bonds is 2. The molecule has 1 aromatic heterocycles. The van der Waals surface area contributed by atoms with Crippen LogP contribution in [0.2, 0.25) is 5.02 Å². The highest BCUT2D eigenvalue weighted by Crippen LogP contribution is 2.26. The summed E-state index contributed by atoms with van der Waals surface area (Å²) in [4.78, 5) is 4.29. The monoisotopic (exact) mass is 239 g/mol. The highest BCUT2D eigenvalue weighted by Gasteiger charge is 2.16. The first-order valence-electron chi connectivity index (χ1n) is 5.78. The maximum Gasteiger partial charge on any atom is 0.149 e. The molecular formula is C12H18ClN3. The minimum atomic E-state index is 0.646. The Morgan fingerprint density at radius 3 is 2.94 bits per heavy atom. The molecule has 2 heterocycles. The van der Waals surface area contributed by atoms with Gasteiger partial charge in [-0.05, 0) is 24.3 Å². The van der Waals surface area contributed by atoms with Crippen molar-refractivity contribution in [2.75, 3.05) is 23.7 Å². The topological polar surface area (TPSA) is 37.0 Å². The number of hydrogen-bond acceptors (Lipinski definition) is 3. The Labute approximate surface area is 102 Å². The molecule has 0 aromatic carbocycles. The Morgan fingerprint density at radius 1 is 1.44 bits per heavy atom. The smallest absolute Gasteiger partial charge is 0.149 e. The van der Waals surface area contributed by atoms with Crippen LogP contribution in [0.3, 0.4) is 0 Å². The van der Waals surface area contributed by atoms with Crippen LogP contribution in [0.5, 0.6) is 0 Å². The van der Waals surface area contributed by atoms with E-state index in [4.69, 9.17) is 11.6 Å². The Kier molecular flexibility index (Phi) is 3.54. The van der Waals surface area contributed by atoms with Crippen LogP contribution in [-0.2, 0) is 0 Å². The van der Waals surface area contributed by atoms with Gasteiger partial charge in [0, 0.05) is 19.3 Å². The van der Waals surface area contributed by atoms with Crippen LogP contribution in [0.4, 0.5) is 11.5 Å². The maximum absolute atomic E-state index is 5.92. The number of hydrogen-bond donors (Lipinski definition) is 2. The first kappa shape index (κ1) is 11.5. The summed E-state index contributed by atoms with van der Waals surface area (Å²) in [5.41, 5.74) is 1.01. The molecule has 1 aromatic rings. The van der Waals surface area contributed by atoms with Gasteiger partial charge >= 0.3 is 0 Å². The number of halogens is 1. The van der Waals surface area contributed by atoms with Crippen LogP contribution < -0.4 is 10.6 Å². The lowest BCUT2D eigenvalue weighted by atomic mass is 9.97. The molecule has 0 aliphatic carbocycles. The number of fused-ring (bicyclic) bond motifs is 1. The van der Waals surface area contributed by atoms with Crippen molar-refractivity contribution in [1.29, 1.82) is 0 Å². The molecule has 0 amide bonds. The average Bonchev–Trinajstić information content (AvgIpc) is 2.40. The molecular weight excluding hydrogens is 222 g/mol. The number of aromatic nitrogens is 1. The van der Waals surface area contributed by atoms with Crippen molar-refractivity contribution < 1.29 is 0 Å². The Balaban J connectivity index is 2.07. The number of anilines is 2. The zero-order valence-electron chi connectivity index (χ0n) is 9.76. The van der Waals surface area contributed by atoms with Crippen LogP contribution in [-0.4, -0.2) is 18.1 Å². The molecule has 1 atom stereocenters. The fourth-order valence-corrected chi connectivity index (χ4v) is 2.27. The first-order chi connectivity index (χ1) is 7.65. The Hall–Kier alpha value is -0.960. The second kappa shape index (κ2) is 4.91. The van der Waals surface area contributed by atoms with Gasteiger partial charge in [-0.25, -0.2) is 4.98 Å². The number of pyridine rings is 1. The van der Waals surface area contributed by atoms with Gasteiger partial charge in [0.1, 0.15) is 5.82 Å². The predicted octanol–water partition coefficient (Wildman–Crippen LogP) is 3.23. The van der Waals surface area contributed by atoms with Crippen LogP contribution in [0.15, 0.2) is 12.3 Å². The Morgan fingerprint density at radius 2 is 2.19 bits per heavy atom. The van der Waals surface area contributed by atoms with Gasteiger partial charge in [-0.15, -0.1) is 0 Å². The molecule has 0 radical (unpaired) electrons. The largest absolute Gasteiger partial charge is 0.382 e. The molecule has 16 heavy (non-hydrogen) atoms. The van der Waals surface area contributed by atoms with E-state index in [1.165, 1.54) is 6.42 Å². The van der Waals surface area contributed by atoms with Gasteiger partial charge in [-0.3, -0.25) is 0 Å². The summed E-state index contributed by atoms with van der Waals surface area (Å²) < 4.78 is 0. The SMILES string of the molecule is CC(C)CC1CNc2cc(Cl)cnc2NC1. The van der Waals surface area contributed by atoms with E-state index >= 15 is 0 Å². The second-order valence-corrected chi connectivity index (χ2v) is 5.24. The van der Waals surface area contributed by atoms with Crippen LogP contribution in [0, 0.1) is 11.8 Å². The van der Waals surface area contributed by atoms with Gasteiger partial charge in [-0.2, -0.15) is 0 Å². The summed E-state index contributed by atoms with van der Waals surface area (Å²) in [6.45, 7) is 6.48. The lowest BCUT2D eigenvalue weighted by Crippen LogP contribution is -2.20. The molecule has 2 rings (SSSR count). The van der Waals surface area contributed by atoms with Crippen molar-refractivity contribution in [3.8, 4) is 0 Å². The molecule has 0 saturated carbocycles. The fourth-order valence-electron chi connectivity index (χ4n) is 2.12. The van der Waals surface area contributed by atoms with E-state index in [0.717, 1.165) is 30.5 Å². The second-order valence-electron chi connectivity index (χ2n) is 4.81. The summed E-state index contributed by atoms with van der Waals surface area (Å²) >= 11 is 5.92. The molecule has 4 heteroatoms. The van der Waals surface area contributed by atoms with E-state index in [1.807, 2.05) is 6.07 Å². The average molecular weight is 240 g/mol. The molecule has 0 fully saturated rings. The van der Waals surface area contributed by atoms with Crippen LogP contribution in [0.25, 0.3) is 0 Å². The van der Waals surface area contributed by atoms with Crippen molar-refractivity contribution in [1.82, 2.24) is 4.98 Å². The molecule has 3 nitrogen and oxygen atoms in total. The van der Waals surface area contributed by atoms with Gasteiger partial charge in [0.25, 0.3) is 0 Å². The van der Waals surface area contributed by atoms with E-state index in [2.05, 4.69) is 29.5 Å². The zero-order chi connectivity index (χ0) is 11.5. The minimum absolute atomic E-state index is 0.646. The summed E-state index contributed by atoms with van der Waals surface area (Å²) in [6.07, 6.45) is 2.90. The van der Waals surface area contributed by atoms with Crippen molar-refractivity contribution in [3.63, 3.8) is 0 Å². The molecule has 1 unspecified atom stereocenters. The quantitative estimate of drug-likeness (QED) is 0.832. The standard InChI is InChI=1S/C12H18ClN3/c1-8(2)3-9-5-14-11-4-10(13)7-16-12(11)15-6-9/h4,7-9,14H,3,5-6H2,1-2H3,(H,15,16). The highest BCUT2D eigenvalue weighted by atomic mass is 35.5. The molecule has 0 bridgehead atoms. The molecule has 0 spiro atoms. The van der Waals surface area contributed by atoms with E-state index in [1.54, 1.807) is 6.20 Å². The van der Waals surface area contributed by atoms with Crippen LogP contribution >= 0.6 is 11.6 Å². The lowest BCUT2D eigenvalue weighted by Gasteiger charge is -2.16. The van der Waals surface area contributed by atoms with E-state index in [0.29, 0.717) is 10.9 Å². The Bertz CT molecular complexity index is 365. The third-order valence-corrected chi connectivity index (χ3v) is 3.01. The van der Waals surface area contributed by atoms with Gasteiger partial charge in [-0.1, -0.05) is 25.4 Å². The van der Waals surface area contributed by atoms with Crippen molar-refractivity contribution in [3.05, 3.63) is 17.3 Å². The third kappa shape index (κ3) is 2.79. The van der Waals surface area contributed by atoms with E-state index in [-0.39, 0.29) is 0 Å². The van der Waals surface area contributed by atoms with Crippen LogP contribution in [0.1, 0.15) is 20.3 Å². The van der Waals surface area contributed by atoms with Gasteiger partial charge in [0.2, 0.25) is 0 Å². The first-order valence-corrected chi connectivity index (χ1v) is 6.16. The normalized spacial score (nSPS) is 19.6. The maximum atomic E-state index is 5.92. The van der Waals surface area contributed by atoms with E-state index in [9.17, 15) is 0 Å². The number of nitrogens with zero attached hydrogens (tertiary/aromatic N) is 1. The summed E-state index contributed by atoms with van der Waals surface area (Å²) in [7, 11) is 0. The third-order valence-electron chi connectivity index (χ3n) is 2.80. The zero-order valence-corrected chi connectivity index (χ0v) is 10.5. The highest BCUT2D eigenvalue weighted by molar-refractivity contribution is 6.30. The van der Waals surface area contributed by atoms with E-state index < -0.39 is 0 Å². The number of nitrogens with one attached hydrogen (secondary N) is 2. The van der Waals surface area contributed by atoms with Gasteiger partial charge in [0.05, 0.1) is 10.7 Å². The summed E-state index contributed by atoms with van der Waals surface area (Å²) in [5.74, 6) is 2.29. The lowest BCUT2D eigenvalue weighted by molar-refractivity contribution is 0.444. The summed E-state index contributed by atoms with van der Waals surface area (Å²) in [5, 5.41) is 7.46. The fraction of sp³-hybridized carbons (Fsp3) is 0.583.